The number of hydrogen-bond donors (Lipinski definition) is 1. The molecule has 0 saturated carbocycles. The zero-order chi connectivity index (χ0) is 13.9. The number of rotatable bonds is 4. The van der Waals surface area contributed by atoms with Crippen LogP contribution in [-0.2, 0) is 5.41 Å². The van der Waals surface area contributed by atoms with Gasteiger partial charge in [-0.2, -0.15) is 0 Å². The lowest BCUT2D eigenvalue weighted by Gasteiger charge is -2.27. The van der Waals surface area contributed by atoms with Gasteiger partial charge in [0.05, 0.1) is 0 Å². The molecule has 0 bridgehead atoms. The van der Waals surface area contributed by atoms with Gasteiger partial charge in [0.15, 0.2) is 0 Å². The van der Waals surface area contributed by atoms with E-state index in [9.17, 15) is 0 Å². The molecule has 0 unspecified atom stereocenters. The highest BCUT2D eigenvalue weighted by Crippen LogP contribution is 2.26. The number of benzene rings is 2. The summed E-state index contributed by atoms with van der Waals surface area (Å²) in [6, 6.07) is 17.1. The maximum absolute atomic E-state index is 3.62. The van der Waals surface area contributed by atoms with Crippen LogP contribution in [0.3, 0.4) is 0 Å². The Balaban J connectivity index is 2.14. The first-order valence-electron chi connectivity index (χ1n) is 6.86. The topological polar surface area (TPSA) is 12.0 Å². The largest absolute Gasteiger partial charge is 0.384 e. The Morgan fingerprint density at radius 1 is 0.842 bits per heavy atom. The molecule has 0 radical (unpaired) electrons. The van der Waals surface area contributed by atoms with Gasteiger partial charge in [-0.15, -0.1) is 0 Å². The van der Waals surface area contributed by atoms with E-state index in [-0.39, 0.29) is 5.41 Å². The lowest BCUT2D eigenvalue weighted by molar-refractivity contribution is 0.557. The van der Waals surface area contributed by atoms with Crippen molar-refractivity contribution in [3.8, 4) is 0 Å². The summed E-state index contributed by atoms with van der Waals surface area (Å²) in [6.45, 7) is 9.81. The number of aryl methyl sites for hydroxylation is 2. The van der Waals surface area contributed by atoms with E-state index in [0.717, 1.165) is 6.54 Å². The van der Waals surface area contributed by atoms with Gasteiger partial charge < -0.3 is 5.32 Å². The van der Waals surface area contributed by atoms with Gasteiger partial charge in [0.25, 0.3) is 0 Å². The van der Waals surface area contributed by atoms with Crippen LogP contribution in [0.1, 0.15) is 30.5 Å². The maximum Gasteiger partial charge on any atom is 0.0399 e. The molecular formula is C18H23N. The average Bonchev–Trinajstić information content (AvgIpc) is 2.39. The summed E-state index contributed by atoms with van der Waals surface area (Å²) in [6.07, 6.45) is 0. The summed E-state index contributed by atoms with van der Waals surface area (Å²) in [4.78, 5) is 0. The van der Waals surface area contributed by atoms with E-state index in [4.69, 9.17) is 0 Å². The van der Waals surface area contributed by atoms with Crippen LogP contribution in [0.15, 0.2) is 48.5 Å². The van der Waals surface area contributed by atoms with Crippen molar-refractivity contribution in [2.45, 2.75) is 33.1 Å². The van der Waals surface area contributed by atoms with Crippen LogP contribution in [0.2, 0.25) is 0 Å². The molecule has 0 aliphatic carbocycles. The Morgan fingerprint density at radius 3 is 2.00 bits per heavy atom. The second-order valence-corrected chi connectivity index (χ2v) is 5.87. The first kappa shape index (κ1) is 13.7. The molecule has 2 aromatic carbocycles. The predicted molar refractivity (Wildman–Crippen MR) is 83.9 cm³/mol. The fraction of sp³-hybridized carbons (Fsp3) is 0.333. The highest BCUT2D eigenvalue weighted by molar-refractivity contribution is 5.57. The molecule has 0 atom stereocenters. The molecule has 0 fully saturated rings. The van der Waals surface area contributed by atoms with E-state index in [0.29, 0.717) is 0 Å². The Bertz CT molecular complexity index is 521. The second-order valence-electron chi connectivity index (χ2n) is 5.87. The molecular weight excluding hydrogens is 230 g/mol. The fourth-order valence-corrected chi connectivity index (χ4v) is 2.39. The Hall–Kier alpha value is -1.76. The summed E-state index contributed by atoms with van der Waals surface area (Å²) in [5.74, 6) is 0. The van der Waals surface area contributed by atoms with Crippen molar-refractivity contribution in [1.29, 1.82) is 0 Å². The van der Waals surface area contributed by atoms with Crippen LogP contribution in [0.25, 0.3) is 0 Å². The number of para-hydroxylation sites is 1. The smallest absolute Gasteiger partial charge is 0.0399 e. The van der Waals surface area contributed by atoms with E-state index in [1.807, 2.05) is 0 Å². The molecule has 0 aliphatic heterocycles. The Labute approximate surface area is 116 Å². The predicted octanol–water partition coefficient (Wildman–Crippen LogP) is 4.69. The molecule has 2 aromatic rings. The van der Waals surface area contributed by atoms with Crippen molar-refractivity contribution < 1.29 is 0 Å². The first-order valence-corrected chi connectivity index (χ1v) is 6.86. The van der Waals surface area contributed by atoms with E-state index in [1.165, 1.54) is 22.4 Å². The molecule has 0 aliphatic rings. The molecule has 2 rings (SSSR count). The van der Waals surface area contributed by atoms with Crippen LogP contribution in [0.4, 0.5) is 5.69 Å². The summed E-state index contributed by atoms with van der Waals surface area (Å²) < 4.78 is 0. The van der Waals surface area contributed by atoms with E-state index >= 15 is 0 Å². The van der Waals surface area contributed by atoms with Gasteiger partial charge in [0.1, 0.15) is 0 Å². The van der Waals surface area contributed by atoms with Crippen LogP contribution >= 0.6 is 0 Å². The van der Waals surface area contributed by atoms with Crippen molar-refractivity contribution in [3.05, 3.63) is 65.2 Å². The quantitative estimate of drug-likeness (QED) is 0.833. The Kier molecular flexibility index (Phi) is 3.94. The molecule has 0 spiro atoms. The van der Waals surface area contributed by atoms with Crippen LogP contribution in [0, 0.1) is 13.8 Å². The summed E-state index contributed by atoms with van der Waals surface area (Å²) in [7, 11) is 0. The standard InChI is InChI=1S/C18H23N/c1-14-9-8-10-15(2)17(14)19-13-18(3,4)16-11-6-5-7-12-16/h5-12,19H,13H2,1-4H3. The van der Waals surface area contributed by atoms with Crippen molar-refractivity contribution in [2.24, 2.45) is 0 Å². The van der Waals surface area contributed by atoms with E-state index < -0.39 is 0 Å². The van der Waals surface area contributed by atoms with Gasteiger partial charge in [0, 0.05) is 17.6 Å². The average molecular weight is 253 g/mol. The molecule has 19 heavy (non-hydrogen) atoms. The minimum Gasteiger partial charge on any atom is -0.384 e. The van der Waals surface area contributed by atoms with Crippen molar-refractivity contribution >= 4 is 5.69 Å². The SMILES string of the molecule is Cc1cccc(C)c1NCC(C)(C)c1ccccc1. The highest BCUT2D eigenvalue weighted by Gasteiger charge is 2.20. The van der Waals surface area contributed by atoms with Gasteiger partial charge >= 0.3 is 0 Å². The van der Waals surface area contributed by atoms with Crippen molar-refractivity contribution in [2.75, 3.05) is 11.9 Å². The molecule has 0 amide bonds. The molecule has 0 aromatic heterocycles. The zero-order valence-corrected chi connectivity index (χ0v) is 12.3. The fourth-order valence-electron chi connectivity index (χ4n) is 2.39. The normalized spacial score (nSPS) is 11.4. The molecule has 1 N–H and O–H groups in total. The third kappa shape index (κ3) is 3.17. The lowest BCUT2D eigenvalue weighted by Crippen LogP contribution is -2.28. The van der Waals surface area contributed by atoms with E-state index in [2.05, 4.69) is 81.5 Å². The van der Waals surface area contributed by atoms with Crippen LogP contribution in [0.5, 0.6) is 0 Å². The summed E-state index contributed by atoms with van der Waals surface area (Å²) >= 11 is 0. The lowest BCUT2D eigenvalue weighted by atomic mass is 9.84. The van der Waals surface area contributed by atoms with Crippen molar-refractivity contribution in [1.82, 2.24) is 0 Å². The first-order chi connectivity index (χ1) is 9.00. The molecule has 100 valence electrons. The molecule has 0 saturated heterocycles. The van der Waals surface area contributed by atoms with Gasteiger partial charge in [-0.05, 0) is 30.5 Å². The second kappa shape index (κ2) is 5.48. The third-order valence-corrected chi connectivity index (χ3v) is 3.74. The van der Waals surface area contributed by atoms with Gasteiger partial charge in [0.2, 0.25) is 0 Å². The van der Waals surface area contributed by atoms with Crippen molar-refractivity contribution in [3.63, 3.8) is 0 Å². The van der Waals surface area contributed by atoms with Crippen LogP contribution < -0.4 is 5.32 Å². The minimum atomic E-state index is 0.121. The maximum atomic E-state index is 3.62. The summed E-state index contributed by atoms with van der Waals surface area (Å²) in [5.41, 5.74) is 5.38. The monoisotopic (exact) mass is 253 g/mol. The minimum absolute atomic E-state index is 0.121. The number of anilines is 1. The zero-order valence-electron chi connectivity index (χ0n) is 12.3. The molecule has 1 heteroatoms. The van der Waals surface area contributed by atoms with Crippen LogP contribution in [-0.4, -0.2) is 6.54 Å². The van der Waals surface area contributed by atoms with Gasteiger partial charge in [-0.1, -0.05) is 62.4 Å². The summed E-state index contributed by atoms with van der Waals surface area (Å²) in [5, 5.41) is 3.62. The highest BCUT2D eigenvalue weighted by atomic mass is 14.9. The van der Waals surface area contributed by atoms with Gasteiger partial charge in [-0.3, -0.25) is 0 Å². The van der Waals surface area contributed by atoms with Gasteiger partial charge in [-0.25, -0.2) is 0 Å². The Morgan fingerprint density at radius 2 is 1.42 bits per heavy atom. The number of hydrogen-bond acceptors (Lipinski definition) is 1. The number of nitrogens with one attached hydrogen (secondary N) is 1. The molecule has 1 nitrogen and oxygen atoms in total. The third-order valence-electron chi connectivity index (χ3n) is 3.74. The van der Waals surface area contributed by atoms with E-state index in [1.54, 1.807) is 0 Å². The molecule has 0 heterocycles.